The third-order valence-electron chi connectivity index (χ3n) is 3.51. The number of hydrogen-bond acceptors (Lipinski definition) is 6. The van der Waals surface area contributed by atoms with Crippen LogP contribution in [0.2, 0.25) is 0 Å². The fourth-order valence-electron chi connectivity index (χ4n) is 2.42. The number of ether oxygens (including phenoxy) is 1. The molecule has 122 valence electrons. The highest BCUT2D eigenvalue weighted by atomic mass is 32.1. The molecule has 1 atom stereocenters. The van der Waals surface area contributed by atoms with Gasteiger partial charge in [0.25, 0.3) is 5.56 Å². The van der Waals surface area contributed by atoms with E-state index in [0.717, 1.165) is 33.1 Å². The number of nitro groups is 1. The van der Waals surface area contributed by atoms with Crippen LogP contribution in [0.4, 0.5) is 9.39 Å². The van der Waals surface area contributed by atoms with Gasteiger partial charge in [-0.15, -0.1) is 0 Å². The molecular formula is C13H12FN3O5S. The van der Waals surface area contributed by atoms with Crippen LogP contribution in [-0.2, 0) is 11.3 Å². The van der Waals surface area contributed by atoms with Crippen molar-refractivity contribution in [1.82, 2.24) is 9.13 Å². The summed E-state index contributed by atoms with van der Waals surface area (Å²) in [7, 11) is 0. The van der Waals surface area contributed by atoms with Gasteiger partial charge in [-0.1, -0.05) is 11.3 Å². The topological polar surface area (TPSA) is 96.4 Å². The van der Waals surface area contributed by atoms with E-state index in [1.807, 2.05) is 0 Å². The molecule has 0 aliphatic carbocycles. The fourth-order valence-corrected chi connectivity index (χ4v) is 3.23. The van der Waals surface area contributed by atoms with E-state index in [1.165, 1.54) is 12.1 Å². The van der Waals surface area contributed by atoms with E-state index in [4.69, 9.17) is 4.74 Å². The molecule has 1 fully saturated rings. The molecule has 1 saturated heterocycles. The Bertz CT molecular complexity index is 865. The van der Waals surface area contributed by atoms with Crippen molar-refractivity contribution in [3.05, 3.63) is 60.0 Å². The molecule has 1 aliphatic heterocycles. The van der Waals surface area contributed by atoms with Crippen LogP contribution in [-0.4, -0.2) is 20.7 Å². The second kappa shape index (κ2) is 6.05. The lowest BCUT2D eigenvalue weighted by Crippen LogP contribution is -2.42. The Labute approximate surface area is 132 Å². The van der Waals surface area contributed by atoms with Gasteiger partial charge >= 0.3 is 10.7 Å². The zero-order valence-corrected chi connectivity index (χ0v) is 12.6. The molecular weight excluding hydrogens is 329 g/mol. The minimum Gasteiger partial charge on any atom is -0.358 e. The predicted octanol–water partition coefficient (Wildman–Crippen LogP) is 1.48. The van der Waals surface area contributed by atoms with E-state index in [-0.39, 0.29) is 11.5 Å². The van der Waals surface area contributed by atoms with E-state index in [1.54, 1.807) is 0 Å². The van der Waals surface area contributed by atoms with E-state index < -0.39 is 28.2 Å². The number of rotatable bonds is 4. The van der Waals surface area contributed by atoms with Crippen LogP contribution in [0.15, 0.2) is 27.9 Å². The van der Waals surface area contributed by atoms with Crippen molar-refractivity contribution in [1.29, 1.82) is 0 Å². The molecule has 2 aromatic heterocycles. The van der Waals surface area contributed by atoms with E-state index >= 15 is 0 Å². The summed E-state index contributed by atoms with van der Waals surface area (Å²) in [4.78, 5) is 34.9. The molecule has 23 heavy (non-hydrogen) atoms. The molecule has 0 saturated carbocycles. The zero-order valence-electron chi connectivity index (χ0n) is 11.8. The van der Waals surface area contributed by atoms with Crippen molar-refractivity contribution in [2.75, 3.05) is 6.61 Å². The van der Waals surface area contributed by atoms with Gasteiger partial charge in [0.1, 0.15) is 6.23 Å². The lowest BCUT2D eigenvalue weighted by Gasteiger charge is -2.15. The molecule has 0 radical (unpaired) electrons. The normalized spacial score (nSPS) is 17.5. The lowest BCUT2D eigenvalue weighted by molar-refractivity contribution is -0.380. The van der Waals surface area contributed by atoms with Gasteiger partial charge in [0, 0.05) is 17.6 Å². The number of nitrogens with zero attached hydrogens (tertiary/aromatic N) is 3. The highest BCUT2D eigenvalue weighted by molar-refractivity contribution is 7.15. The highest BCUT2D eigenvalue weighted by Gasteiger charge is 2.22. The van der Waals surface area contributed by atoms with Gasteiger partial charge in [0.15, 0.2) is 0 Å². The quantitative estimate of drug-likeness (QED) is 0.620. The molecule has 0 N–H and O–H groups in total. The van der Waals surface area contributed by atoms with E-state index in [0.29, 0.717) is 17.9 Å². The van der Waals surface area contributed by atoms with Gasteiger partial charge in [0.05, 0.1) is 17.7 Å². The number of thiophene rings is 1. The van der Waals surface area contributed by atoms with Crippen LogP contribution in [0.1, 0.15) is 23.9 Å². The Morgan fingerprint density at radius 1 is 1.43 bits per heavy atom. The number of hydrogen-bond donors (Lipinski definition) is 0. The van der Waals surface area contributed by atoms with Crippen LogP contribution in [0, 0.1) is 15.9 Å². The molecule has 1 unspecified atom stereocenters. The summed E-state index contributed by atoms with van der Waals surface area (Å²) in [6.07, 6.45) is 1.56. The number of halogens is 1. The molecule has 0 bridgehead atoms. The summed E-state index contributed by atoms with van der Waals surface area (Å²) in [5.74, 6) is -1.06. The zero-order chi connectivity index (χ0) is 16.6. The molecule has 8 nitrogen and oxygen atoms in total. The monoisotopic (exact) mass is 341 g/mol. The second-order valence-corrected chi connectivity index (χ2v) is 6.17. The summed E-state index contributed by atoms with van der Waals surface area (Å²) in [5, 5.41) is 10.6. The SMILES string of the molecule is O=c1c(F)cn(C2CCCO2)c(=O)n1Cc1ccc([N+](=O)[O-])s1. The van der Waals surface area contributed by atoms with Crippen LogP contribution in [0.25, 0.3) is 0 Å². The Morgan fingerprint density at radius 2 is 2.22 bits per heavy atom. The highest BCUT2D eigenvalue weighted by Crippen LogP contribution is 2.24. The first kappa shape index (κ1) is 15.6. The fraction of sp³-hybridized carbons (Fsp3) is 0.385. The van der Waals surface area contributed by atoms with Gasteiger partial charge < -0.3 is 4.74 Å². The largest absolute Gasteiger partial charge is 0.358 e. The van der Waals surface area contributed by atoms with Crippen molar-refractivity contribution in [2.45, 2.75) is 25.6 Å². The predicted molar refractivity (Wildman–Crippen MR) is 79.2 cm³/mol. The molecule has 10 heteroatoms. The van der Waals surface area contributed by atoms with Crippen molar-refractivity contribution in [3.63, 3.8) is 0 Å². The molecule has 3 heterocycles. The first-order valence-electron chi connectivity index (χ1n) is 6.83. The van der Waals surface area contributed by atoms with Gasteiger partial charge in [0.2, 0.25) is 5.82 Å². The van der Waals surface area contributed by atoms with Gasteiger partial charge in [-0.25, -0.2) is 4.79 Å². The first-order valence-corrected chi connectivity index (χ1v) is 7.65. The Kier molecular flexibility index (Phi) is 4.09. The summed E-state index contributed by atoms with van der Waals surface area (Å²) < 4.78 is 21.0. The van der Waals surface area contributed by atoms with Gasteiger partial charge in [-0.05, 0) is 18.9 Å². The van der Waals surface area contributed by atoms with Gasteiger partial charge in [-0.2, -0.15) is 4.39 Å². The maximum Gasteiger partial charge on any atom is 0.333 e. The van der Waals surface area contributed by atoms with Gasteiger partial charge in [-0.3, -0.25) is 24.0 Å². The summed E-state index contributed by atoms with van der Waals surface area (Å²) >= 11 is 0.837. The van der Waals surface area contributed by atoms with Crippen molar-refractivity contribution >= 4 is 16.3 Å². The number of aromatic nitrogens is 2. The van der Waals surface area contributed by atoms with Crippen molar-refractivity contribution in [2.24, 2.45) is 0 Å². The van der Waals surface area contributed by atoms with E-state index in [2.05, 4.69) is 0 Å². The molecule has 3 rings (SSSR count). The third-order valence-corrected chi connectivity index (χ3v) is 4.53. The minimum atomic E-state index is -1.06. The average molecular weight is 341 g/mol. The van der Waals surface area contributed by atoms with Crippen molar-refractivity contribution < 1.29 is 14.1 Å². The van der Waals surface area contributed by atoms with E-state index in [9.17, 15) is 24.1 Å². The third kappa shape index (κ3) is 2.94. The lowest BCUT2D eigenvalue weighted by atomic mass is 10.3. The molecule has 2 aromatic rings. The molecule has 0 amide bonds. The Hall–Kier alpha value is -2.33. The Balaban J connectivity index is 2.01. The maximum atomic E-state index is 13.9. The molecule has 0 aromatic carbocycles. The van der Waals surface area contributed by atoms with Crippen LogP contribution in [0.3, 0.4) is 0 Å². The summed E-state index contributed by atoms with van der Waals surface area (Å²) in [6.45, 7) is 0.246. The first-order chi connectivity index (χ1) is 11.0. The van der Waals surface area contributed by atoms with Crippen LogP contribution in [0.5, 0.6) is 0 Å². The smallest absolute Gasteiger partial charge is 0.333 e. The molecule has 0 spiro atoms. The average Bonchev–Trinajstić information content (AvgIpc) is 3.18. The molecule has 1 aliphatic rings. The van der Waals surface area contributed by atoms with Crippen LogP contribution >= 0.6 is 11.3 Å². The maximum absolute atomic E-state index is 13.9. The van der Waals surface area contributed by atoms with Crippen molar-refractivity contribution in [3.8, 4) is 0 Å². The second-order valence-electron chi connectivity index (χ2n) is 5.02. The Morgan fingerprint density at radius 3 is 2.83 bits per heavy atom. The summed E-state index contributed by atoms with van der Waals surface area (Å²) in [6, 6.07) is 2.72. The summed E-state index contributed by atoms with van der Waals surface area (Å²) in [5.41, 5.74) is -1.75. The van der Waals surface area contributed by atoms with Crippen LogP contribution < -0.4 is 11.2 Å². The minimum absolute atomic E-state index is 0.107. The standard InChI is InChI=1S/C13H12FN3O5S/c14-9-7-15(10-2-1-5-22-10)13(19)16(12(9)18)6-8-3-4-11(23-8)17(20)21/h3-4,7,10H,1-2,5-6H2.